The number of nitrogens with zero attached hydrogens (tertiary/aromatic N) is 1. The molecule has 5 heteroatoms. The van der Waals surface area contributed by atoms with E-state index in [0.29, 0.717) is 0 Å². The summed E-state index contributed by atoms with van der Waals surface area (Å²) in [6.07, 6.45) is 4.54. The van der Waals surface area contributed by atoms with E-state index in [1.807, 2.05) is 12.3 Å². The van der Waals surface area contributed by atoms with Crippen LogP contribution >= 0.6 is 22.9 Å². The molecule has 1 atom stereocenters. The molecule has 2 aromatic rings. The summed E-state index contributed by atoms with van der Waals surface area (Å²) in [5.41, 5.74) is 0. The van der Waals surface area contributed by atoms with Gasteiger partial charge in [0, 0.05) is 23.7 Å². The molecule has 0 spiro atoms. The molecule has 0 bridgehead atoms. The molecule has 2 heterocycles. The number of imidazole rings is 1. The van der Waals surface area contributed by atoms with Crippen LogP contribution in [0.3, 0.4) is 0 Å². The van der Waals surface area contributed by atoms with Crippen LogP contribution < -0.4 is 5.32 Å². The quantitative estimate of drug-likeness (QED) is 0.862. The maximum Gasteiger partial charge on any atom is 0.123 e. The Kier molecular flexibility index (Phi) is 3.98. The van der Waals surface area contributed by atoms with Gasteiger partial charge in [0.05, 0.1) is 10.4 Å². The van der Waals surface area contributed by atoms with Crippen molar-refractivity contribution in [3.63, 3.8) is 0 Å². The summed E-state index contributed by atoms with van der Waals surface area (Å²) in [5, 5.41) is 3.41. The molecule has 86 valence electrons. The maximum absolute atomic E-state index is 5.92. The van der Waals surface area contributed by atoms with Gasteiger partial charge in [-0.25, -0.2) is 4.98 Å². The first-order valence-electron chi connectivity index (χ1n) is 5.26. The van der Waals surface area contributed by atoms with Gasteiger partial charge >= 0.3 is 0 Å². The Bertz CT molecular complexity index is 424. The van der Waals surface area contributed by atoms with Crippen LogP contribution in [0.25, 0.3) is 0 Å². The molecule has 2 rings (SSSR count). The fourth-order valence-electron chi connectivity index (χ4n) is 1.64. The molecule has 0 saturated heterocycles. The molecular weight excluding hydrogens is 242 g/mol. The highest BCUT2D eigenvalue weighted by Gasteiger charge is 2.14. The van der Waals surface area contributed by atoms with Crippen LogP contribution in [-0.2, 0) is 6.42 Å². The Hall–Kier alpha value is -0.840. The van der Waals surface area contributed by atoms with Gasteiger partial charge in [-0.3, -0.25) is 0 Å². The molecule has 2 N–H and O–H groups in total. The number of thiophene rings is 1. The number of hydrogen-bond acceptors (Lipinski definition) is 3. The molecule has 0 aliphatic rings. The number of aromatic amines is 1. The van der Waals surface area contributed by atoms with Crippen molar-refractivity contribution in [2.45, 2.75) is 19.4 Å². The van der Waals surface area contributed by atoms with Gasteiger partial charge in [-0.15, -0.1) is 11.3 Å². The van der Waals surface area contributed by atoms with E-state index < -0.39 is 0 Å². The molecule has 0 aliphatic heterocycles. The summed E-state index contributed by atoms with van der Waals surface area (Å²) < 4.78 is 0.838. The second kappa shape index (κ2) is 5.48. The van der Waals surface area contributed by atoms with Crippen molar-refractivity contribution >= 4 is 22.9 Å². The summed E-state index contributed by atoms with van der Waals surface area (Å²) in [6.45, 7) is 3.02. The average Bonchev–Trinajstić information content (AvgIpc) is 2.88. The Labute approximate surface area is 104 Å². The molecule has 0 aliphatic carbocycles. The minimum Gasteiger partial charge on any atom is -0.347 e. The zero-order chi connectivity index (χ0) is 11.4. The number of aromatic nitrogens is 2. The first-order chi connectivity index (χ1) is 7.79. The van der Waals surface area contributed by atoms with Gasteiger partial charge in [0.1, 0.15) is 5.82 Å². The van der Waals surface area contributed by atoms with Crippen LogP contribution in [-0.4, -0.2) is 16.5 Å². The Balaban J connectivity index is 2.09. The molecule has 2 aromatic heterocycles. The highest BCUT2D eigenvalue weighted by molar-refractivity contribution is 7.16. The van der Waals surface area contributed by atoms with Gasteiger partial charge in [0.15, 0.2) is 0 Å². The third-order valence-corrected chi connectivity index (χ3v) is 3.59. The van der Waals surface area contributed by atoms with E-state index in [2.05, 4.69) is 28.3 Å². The van der Waals surface area contributed by atoms with Crippen LogP contribution in [0.15, 0.2) is 24.5 Å². The molecule has 1 unspecified atom stereocenters. The van der Waals surface area contributed by atoms with Crippen molar-refractivity contribution in [2.24, 2.45) is 0 Å². The van der Waals surface area contributed by atoms with Gasteiger partial charge in [-0.1, -0.05) is 18.5 Å². The largest absolute Gasteiger partial charge is 0.347 e. The number of likely N-dealkylation sites (N-methyl/N-ethyl adjacent to an activating group) is 1. The van der Waals surface area contributed by atoms with Crippen molar-refractivity contribution in [1.29, 1.82) is 0 Å². The lowest BCUT2D eigenvalue weighted by molar-refractivity contribution is 0.529. The summed E-state index contributed by atoms with van der Waals surface area (Å²) in [4.78, 5) is 8.71. The number of nitrogens with one attached hydrogen (secondary N) is 2. The van der Waals surface area contributed by atoms with Gasteiger partial charge in [-0.05, 0) is 18.7 Å². The fourth-order valence-corrected chi connectivity index (χ4v) is 2.78. The van der Waals surface area contributed by atoms with Crippen molar-refractivity contribution in [1.82, 2.24) is 15.3 Å². The predicted molar refractivity (Wildman–Crippen MR) is 68.0 cm³/mol. The fraction of sp³-hybridized carbons (Fsp3) is 0.364. The van der Waals surface area contributed by atoms with Gasteiger partial charge in [-0.2, -0.15) is 0 Å². The topological polar surface area (TPSA) is 40.7 Å². The normalized spacial score (nSPS) is 12.9. The van der Waals surface area contributed by atoms with Crippen molar-refractivity contribution in [3.8, 4) is 0 Å². The lowest BCUT2D eigenvalue weighted by atomic mass is 10.1. The number of rotatable bonds is 5. The van der Waals surface area contributed by atoms with E-state index in [9.17, 15) is 0 Å². The lowest BCUT2D eigenvalue weighted by Crippen LogP contribution is -2.23. The molecule has 0 saturated carbocycles. The van der Waals surface area contributed by atoms with E-state index in [0.717, 1.165) is 23.1 Å². The van der Waals surface area contributed by atoms with Crippen molar-refractivity contribution < 1.29 is 0 Å². The van der Waals surface area contributed by atoms with E-state index in [1.54, 1.807) is 17.5 Å². The van der Waals surface area contributed by atoms with E-state index in [-0.39, 0.29) is 6.04 Å². The van der Waals surface area contributed by atoms with Crippen molar-refractivity contribution in [2.75, 3.05) is 6.54 Å². The van der Waals surface area contributed by atoms with E-state index in [4.69, 9.17) is 11.6 Å². The second-order valence-corrected chi connectivity index (χ2v) is 5.29. The first-order valence-corrected chi connectivity index (χ1v) is 6.46. The molecular formula is C11H14ClN3S. The third-order valence-electron chi connectivity index (χ3n) is 2.33. The highest BCUT2D eigenvalue weighted by Crippen LogP contribution is 2.25. The Morgan fingerprint density at radius 2 is 2.44 bits per heavy atom. The Morgan fingerprint density at radius 1 is 1.56 bits per heavy atom. The number of halogens is 1. The maximum atomic E-state index is 5.92. The van der Waals surface area contributed by atoms with E-state index >= 15 is 0 Å². The highest BCUT2D eigenvalue weighted by atomic mass is 35.5. The van der Waals surface area contributed by atoms with Gasteiger partial charge in [0.25, 0.3) is 0 Å². The monoisotopic (exact) mass is 255 g/mol. The van der Waals surface area contributed by atoms with Crippen LogP contribution in [0.2, 0.25) is 4.34 Å². The number of H-pyrrole nitrogens is 1. The summed E-state index contributed by atoms with van der Waals surface area (Å²) in [7, 11) is 0. The lowest BCUT2D eigenvalue weighted by Gasteiger charge is -2.14. The molecule has 16 heavy (non-hydrogen) atoms. The third kappa shape index (κ3) is 2.84. The van der Waals surface area contributed by atoms with E-state index in [1.165, 1.54) is 4.88 Å². The molecule has 3 nitrogen and oxygen atoms in total. The summed E-state index contributed by atoms with van der Waals surface area (Å²) in [6, 6.07) is 4.24. The first kappa shape index (κ1) is 11.6. The molecule has 0 radical (unpaired) electrons. The molecule has 0 aromatic carbocycles. The molecule has 0 fully saturated rings. The smallest absolute Gasteiger partial charge is 0.123 e. The van der Waals surface area contributed by atoms with Gasteiger partial charge in [0.2, 0.25) is 0 Å². The standard InChI is InChI=1S/C11H14ClN3S/c1-2-13-9(11-14-5-6-15-11)7-8-3-4-10(12)16-8/h3-6,9,13H,2,7H2,1H3,(H,14,15). The zero-order valence-electron chi connectivity index (χ0n) is 9.03. The van der Waals surface area contributed by atoms with Crippen LogP contribution in [0.4, 0.5) is 0 Å². The second-order valence-electron chi connectivity index (χ2n) is 3.49. The average molecular weight is 256 g/mol. The SMILES string of the molecule is CCNC(Cc1ccc(Cl)s1)c1ncc[nH]1. The van der Waals surface area contributed by atoms with Crippen LogP contribution in [0.5, 0.6) is 0 Å². The zero-order valence-corrected chi connectivity index (χ0v) is 10.6. The minimum absolute atomic E-state index is 0.231. The van der Waals surface area contributed by atoms with Crippen LogP contribution in [0.1, 0.15) is 23.7 Å². The molecule has 0 amide bonds. The summed E-state index contributed by atoms with van der Waals surface area (Å²) >= 11 is 7.54. The Morgan fingerprint density at radius 3 is 3.00 bits per heavy atom. The van der Waals surface area contributed by atoms with Crippen molar-refractivity contribution in [3.05, 3.63) is 39.6 Å². The predicted octanol–water partition coefficient (Wildman–Crippen LogP) is 3.02. The summed E-state index contributed by atoms with van der Waals surface area (Å²) in [5.74, 6) is 0.978. The van der Waals surface area contributed by atoms with Gasteiger partial charge < -0.3 is 10.3 Å². The minimum atomic E-state index is 0.231. The van der Waals surface area contributed by atoms with Crippen LogP contribution in [0, 0.1) is 0 Å². The number of hydrogen-bond donors (Lipinski definition) is 2.